The lowest BCUT2D eigenvalue weighted by molar-refractivity contribution is 0.0599. The molecule has 2 N–H and O–H groups in total. The summed E-state index contributed by atoms with van der Waals surface area (Å²) in [6, 6.07) is 3.34. The molecule has 256 valence electrons. The first-order valence-corrected chi connectivity index (χ1v) is 26.4. The van der Waals surface area contributed by atoms with Crippen molar-refractivity contribution >= 4 is 47.5 Å². The van der Waals surface area contributed by atoms with E-state index in [1.54, 1.807) is 0 Å². The highest BCUT2D eigenvalue weighted by atomic mass is 127. The number of hydrogen-bond acceptors (Lipinski definition) is 5. The summed E-state index contributed by atoms with van der Waals surface area (Å²) in [6.07, 6.45) is 6.12. The van der Waals surface area contributed by atoms with Crippen LogP contribution in [0.1, 0.15) is 108 Å². The number of aliphatic hydroxyl groups excluding tert-OH is 2. The molecule has 0 aromatic rings. The summed E-state index contributed by atoms with van der Waals surface area (Å²) < 4.78 is 23.1. The van der Waals surface area contributed by atoms with Gasteiger partial charge in [0.25, 0.3) is 0 Å². The maximum atomic E-state index is 10.7. The van der Waals surface area contributed by atoms with E-state index in [1.807, 2.05) is 17.1 Å². The summed E-state index contributed by atoms with van der Waals surface area (Å²) in [5, 5.41) is 21.3. The highest BCUT2D eigenvalue weighted by Crippen LogP contribution is 2.40. The van der Waals surface area contributed by atoms with Gasteiger partial charge in [0, 0.05) is 18.6 Å². The molecule has 0 unspecified atom stereocenters. The molecule has 0 aromatic heterocycles. The van der Waals surface area contributed by atoms with Gasteiger partial charge in [-0.25, -0.2) is 0 Å². The predicted octanol–water partition coefficient (Wildman–Crippen LogP) is 10.7. The maximum Gasteiger partial charge on any atom is 0.192 e. The fraction of sp³-hybridized carbons (Fsp3) is 0.882. The van der Waals surface area contributed by atoms with Crippen molar-refractivity contribution in [2.75, 3.05) is 0 Å². The molecule has 0 aromatic carbocycles. The van der Waals surface area contributed by atoms with E-state index < -0.39 is 37.2 Å². The fourth-order valence-corrected chi connectivity index (χ4v) is 11.0. The van der Waals surface area contributed by atoms with Gasteiger partial charge in [0.05, 0.1) is 18.3 Å². The first-order chi connectivity index (χ1) is 19.5. The number of hydrogen-bond donors (Lipinski definition) is 2. The van der Waals surface area contributed by atoms with Crippen LogP contribution in [0, 0.1) is 0 Å². The molecule has 0 spiro atoms. The van der Waals surface area contributed by atoms with Gasteiger partial charge in [-0.1, -0.05) is 103 Å². The number of aliphatic hydroxyl groups is 2. The van der Waals surface area contributed by atoms with Gasteiger partial charge in [-0.05, 0) is 98.0 Å². The van der Waals surface area contributed by atoms with Gasteiger partial charge in [0.15, 0.2) is 25.0 Å². The van der Waals surface area contributed by atoms with Crippen molar-refractivity contribution in [1.29, 1.82) is 0 Å². The Morgan fingerprint density at radius 2 is 1.26 bits per heavy atom. The van der Waals surface area contributed by atoms with Crippen molar-refractivity contribution < 1.29 is 23.5 Å². The second-order valence-corrected chi connectivity index (χ2v) is 30.8. The average molecular weight is 771 g/mol. The second kappa shape index (κ2) is 18.9. The van der Waals surface area contributed by atoms with E-state index in [0.29, 0.717) is 19.3 Å². The molecule has 0 fully saturated rings. The Kier molecular flexibility index (Phi) is 19.1. The van der Waals surface area contributed by atoms with Crippen LogP contribution in [0.4, 0.5) is 0 Å². The van der Waals surface area contributed by atoms with E-state index in [-0.39, 0.29) is 28.4 Å². The maximum absolute atomic E-state index is 10.7. The zero-order valence-corrected chi connectivity index (χ0v) is 35.9. The molecule has 0 aliphatic heterocycles. The van der Waals surface area contributed by atoms with Gasteiger partial charge in [0.1, 0.15) is 0 Å². The molecule has 5 atom stereocenters. The van der Waals surface area contributed by atoms with E-state index >= 15 is 0 Å². The zero-order valence-electron chi connectivity index (χ0n) is 30.8. The molecule has 0 aliphatic rings. The SMILES string of the molecule is CC[Si](CC)(CC)O[C@H](C[C@H](C/C=C/[C@H](O)C[C@@H](O)C/C(C)=C/I)O[Si](C)(C)C(C)(C)C)C[C@@H](C)O[Si](C)(C)C(C)(C)C. The molecule has 0 radical (unpaired) electrons. The number of halogens is 1. The van der Waals surface area contributed by atoms with Gasteiger partial charge in [-0.2, -0.15) is 0 Å². The summed E-state index contributed by atoms with van der Waals surface area (Å²) >= 11 is 2.19. The average Bonchev–Trinajstić information content (AvgIpc) is 2.84. The molecule has 0 bridgehead atoms. The highest BCUT2D eigenvalue weighted by Gasteiger charge is 2.42. The van der Waals surface area contributed by atoms with Crippen LogP contribution in [0.2, 0.25) is 54.4 Å². The number of rotatable bonds is 20. The van der Waals surface area contributed by atoms with Crippen molar-refractivity contribution in [1.82, 2.24) is 0 Å². The molecular weight excluding hydrogens is 700 g/mol. The molecule has 9 heteroatoms. The molecule has 43 heavy (non-hydrogen) atoms. The lowest BCUT2D eigenvalue weighted by Gasteiger charge is -2.42. The molecule has 0 rings (SSSR count). The highest BCUT2D eigenvalue weighted by molar-refractivity contribution is 14.1. The fourth-order valence-electron chi connectivity index (χ4n) is 4.97. The van der Waals surface area contributed by atoms with Gasteiger partial charge in [0.2, 0.25) is 0 Å². The van der Waals surface area contributed by atoms with Crippen LogP contribution < -0.4 is 0 Å². The predicted molar refractivity (Wildman–Crippen MR) is 204 cm³/mol. The normalized spacial score (nSPS) is 18.1. The van der Waals surface area contributed by atoms with Crippen LogP contribution >= 0.6 is 22.6 Å². The third-order valence-electron chi connectivity index (χ3n) is 10.1. The first kappa shape index (κ1) is 43.7. The van der Waals surface area contributed by atoms with Gasteiger partial charge < -0.3 is 23.5 Å². The van der Waals surface area contributed by atoms with Crippen molar-refractivity contribution in [2.45, 2.75) is 193 Å². The Balaban J connectivity index is 6.15. The molecule has 0 saturated heterocycles. The Labute approximate surface area is 284 Å². The Morgan fingerprint density at radius 3 is 1.70 bits per heavy atom. The van der Waals surface area contributed by atoms with E-state index in [2.05, 4.69) is 124 Å². The molecular formula is C34H71IO5Si3. The lowest BCUT2D eigenvalue weighted by Crippen LogP contribution is -2.47. The Bertz CT molecular complexity index is 836. The van der Waals surface area contributed by atoms with Gasteiger partial charge in [-0.15, -0.1) is 0 Å². The largest absolute Gasteiger partial charge is 0.414 e. The first-order valence-electron chi connectivity index (χ1n) is 16.8. The quantitative estimate of drug-likeness (QED) is 0.0733. The second-order valence-electron chi connectivity index (χ2n) is 15.9. The van der Waals surface area contributed by atoms with Crippen molar-refractivity contribution in [2.24, 2.45) is 0 Å². The van der Waals surface area contributed by atoms with Crippen molar-refractivity contribution in [3.05, 3.63) is 21.8 Å². The topological polar surface area (TPSA) is 68.2 Å². The third kappa shape index (κ3) is 15.9. The minimum Gasteiger partial charge on any atom is -0.414 e. The van der Waals surface area contributed by atoms with Gasteiger partial charge in [-0.3, -0.25) is 0 Å². The molecule has 5 nitrogen and oxygen atoms in total. The summed E-state index contributed by atoms with van der Waals surface area (Å²) in [7, 11) is -5.84. The zero-order chi connectivity index (χ0) is 33.9. The lowest BCUT2D eigenvalue weighted by atomic mass is 10.0. The summed E-state index contributed by atoms with van der Waals surface area (Å²) in [4.78, 5) is 0. The third-order valence-corrected chi connectivity index (χ3v) is 25.0. The molecule has 0 amide bonds. The smallest absolute Gasteiger partial charge is 0.192 e. The van der Waals surface area contributed by atoms with Crippen LogP contribution in [0.5, 0.6) is 0 Å². The van der Waals surface area contributed by atoms with Crippen LogP contribution in [0.15, 0.2) is 21.8 Å². The van der Waals surface area contributed by atoms with E-state index in [0.717, 1.165) is 36.5 Å². The standard InChI is InChI=1S/C34H71IO5Si3/c1-16-43(17-2,18-3)40-32(23-28(5)38-41(12,13)33(6,7)8)25-31(39-42(14,15)34(9,10)11)21-19-20-29(36)24-30(37)22-27(4)26-35/h19-20,26,28-32,36-37H,16-18,21-25H2,1-15H3/b20-19+,27-26+/t28-,29+,30+,31+,32+/m1/s1. The Hall–Kier alpha value is 0.661. The Morgan fingerprint density at radius 1 is 0.767 bits per heavy atom. The summed E-state index contributed by atoms with van der Waals surface area (Å²) in [5.74, 6) is 0. The van der Waals surface area contributed by atoms with Crippen molar-refractivity contribution in [3.63, 3.8) is 0 Å². The minimum atomic E-state index is -2.06. The van der Waals surface area contributed by atoms with Crippen LogP contribution in [-0.4, -0.2) is 65.7 Å². The van der Waals surface area contributed by atoms with Crippen LogP contribution in [-0.2, 0) is 13.3 Å². The summed E-state index contributed by atoms with van der Waals surface area (Å²) in [5.41, 5.74) is 1.12. The molecule has 0 saturated carbocycles. The van der Waals surface area contributed by atoms with Crippen LogP contribution in [0.25, 0.3) is 0 Å². The van der Waals surface area contributed by atoms with E-state index in [4.69, 9.17) is 13.3 Å². The van der Waals surface area contributed by atoms with Gasteiger partial charge >= 0.3 is 0 Å². The summed E-state index contributed by atoms with van der Waals surface area (Å²) in [6.45, 7) is 34.2. The van der Waals surface area contributed by atoms with E-state index in [9.17, 15) is 10.2 Å². The minimum absolute atomic E-state index is 0.0131. The van der Waals surface area contributed by atoms with E-state index in [1.165, 1.54) is 0 Å². The molecule has 0 aliphatic carbocycles. The van der Waals surface area contributed by atoms with Crippen LogP contribution in [0.3, 0.4) is 0 Å². The van der Waals surface area contributed by atoms with Crippen molar-refractivity contribution in [3.8, 4) is 0 Å². The molecule has 0 heterocycles. The monoisotopic (exact) mass is 770 g/mol.